The molecule has 3 unspecified atom stereocenters. The molecule has 3 heterocycles. The fourth-order valence-electron chi connectivity index (χ4n) is 6.87. The van der Waals surface area contributed by atoms with E-state index in [1.165, 1.54) is 21.3 Å². The van der Waals surface area contributed by atoms with Crippen LogP contribution in [-0.2, 0) is 11.2 Å². The number of hydrogen-bond acceptors (Lipinski definition) is 8. The topological polar surface area (TPSA) is 97.8 Å². The van der Waals surface area contributed by atoms with Gasteiger partial charge in [0, 0.05) is 60.8 Å². The molecule has 5 rings (SSSR count). The molecule has 1 N–H and O–H groups in total. The van der Waals surface area contributed by atoms with E-state index >= 15 is 0 Å². The number of nitrogens with zero attached hydrogens (tertiary/aromatic N) is 2. The van der Waals surface area contributed by atoms with Crippen molar-refractivity contribution in [2.24, 2.45) is 0 Å². The Hall–Kier alpha value is -2.02. The summed E-state index contributed by atoms with van der Waals surface area (Å²) in [6.07, 6.45) is 0.978. The summed E-state index contributed by atoms with van der Waals surface area (Å²) < 4.78 is 22.8. The van der Waals surface area contributed by atoms with Crippen LogP contribution < -0.4 is 18.9 Å². The zero-order chi connectivity index (χ0) is 26.9. The molecule has 0 spiro atoms. The Kier molecular flexibility index (Phi) is 8.02. The van der Waals surface area contributed by atoms with E-state index in [2.05, 4.69) is 0 Å². The van der Waals surface area contributed by atoms with Crippen molar-refractivity contribution in [3.63, 3.8) is 0 Å². The predicted octanol–water partition coefficient (Wildman–Crippen LogP) is 3.50. The molecule has 0 aliphatic carbocycles. The third-order valence-corrected chi connectivity index (χ3v) is 8.36. The van der Waals surface area contributed by atoms with E-state index in [4.69, 9.17) is 18.9 Å². The number of benzene rings is 2. The number of rotatable bonds is 5. The average Bonchev–Trinajstić information content (AvgIpc) is 2.87. The average molecular weight is 738 g/mol. The van der Waals surface area contributed by atoms with Gasteiger partial charge in [-0.15, -0.1) is 0 Å². The third kappa shape index (κ3) is 3.70. The largest absolute Gasteiger partial charge is 0.504 e. The number of methoxy groups -OCH3 is 4. The Balaban J connectivity index is 0.00000336. The van der Waals surface area contributed by atoms with Crippen LogP contribution >= 0.6 is 0 Å². The van der Waals surface area contributed by atoms with Crippen LogP contribution in [0.5, 0.6) is 28.7 Å². The fourth-order valence-corrected chi connectivity index (χ4v) is 6.87. The van der Waals surface area contributed by atoms with Gasteiger partial charge in [-0.05, 0) is 44.9 Å². The van der Waals surface area contributed by atoms with Crippen LogP contribution in [0.3, 0.4) is 0 Å². The van der Waals surface area contributed by atoms with Crippen molar-refractivity contribution in [3.05, 3.63) is 39.4 Å². The van der Waals surface area contributed by atoms with Crippen molar-refractivity contribution < 1.29 is 77.7 Å². The Bertz CT molecular complexity index is 1330. The summed E-state index contributed by atoms with van der Waals surface area (Å²) in [7, 11) is 7.98. The SMILES string of the molecule is CC[C@H]1c2c(OC)c(OC)c(C)c(OC)c2C(=O)C2C3c4c(cc(C)c(OC)c4O)CC(C(=O)N21)N3C.[Ac]. The number of aryl methyl sites for hydroxylation is 1. The number of Topliss-reactive ketones (excluding diaryl/α,β-unsaturated/α-hetero) is 1. The fraction of sp³-hybridized carbons (Fsp3) is 0.500. The van der Waals surface area contributed by atoms with Gasteiger partial charge >= 0.3 is 0 Å². The summed E-state index contributed by atoms with van der Waals surface area (Å²) in [6.45, 7) is 5.67. The number of likely N-dealkylation sites (N-methyl/N-ethyl adjacent to an activating group) is 1. The Morgan fingerprint density at radius 1 is 0.921 bits per heavy atom. The van der Waals surface area contributed by atoms with Crippen molar-refractivity contribution in [3.8, 4) is 28.7 Å². The van der Waals surface area contributed by atoms with Crippen LogP contribution in [0.15, 0.2) is 6.07 Å². The molecule has 3 aliphatic heterocycles. The van der Waals surface area contributed by atoms with Crippen LogP contribution in [0, 0.1) is 57.9 Å². The van der Waals surface area contributed by atoms with Crippen LogP contribution in [-0.4, -0.2) is 74.2 Å². The zero-order valence-electron chi connectivity index (χ0n) is 23.2. The summed E-state index contributed by atoms with van der Waals surface area (Å²) in [4.78, 5) is 32.3. The first-order valence-electron chi connectivity index (χ1n) is 12.5. The summed E-state index contributed by atoms with van der Waals surface area (Å²) in [6, 6.07) is -0.382. The second-order valence-corrected chi connectivity index (χ2v) is 9.97. The maximum atomic E-state index is 14.5. The molecule has 0 aromatic heterocycles. The number of hydrogen-bond donors (Lipinski definition) is 1. The van der Waals surface area contributed by atoms with Crippen molar-refractivity contribution in [1.29, 1.82) is 0 Å². The van der Waals surface area contributed by atoms with E-state index in [0.29, 0.717) is 58.1 Å². The minimum Gasteiger partial charge on any atom is -0.504 e. The number of piperazine rings is 1. The van der Waals surface area contributed by atoms with Gasteiger partial charge in [0.25, 0.3) is 0 Å². The molecule has 0 saturated carbocycles. The number of carbonyl (C=O) groups is 2. The van der Waals surface area contributed by atoms with Crippen LogP contribution in [0.1, 0.15) is 63.6 Å². The molecule has 2 aromatic carbocycles. The number of ketones is 1. The molecule has 201 valence electrons. The van der Waals surface area contributed by atoms with E-state index < -0.39 is 24.2 Å². The molecule has 38 heavy (non-hydrogen) atoms. The minimum atomic E-state index is -0.866. The van der Waals surface area contributed by atoms with Gasteiger partial charge < -0.3 is 29.0 Å². The molecule has 2 bridgehead atoms. The van der Waals surface area contributed by atoms with E-state index in [0.717, 1.165) is 11.1 Å². The van der Waals surface area contributed by atoms with Crippen LogP contribution in [0.2, 0.25) is 0 Å². The Morgan fingerprint density at radius 3 is 2.08 bits per heavy atom. The zero-order valence-corrected chi connectivity index (χ0v) is 27.9. The van der Waals surface area contributed by atoms with E-state index in [1.807, 2.05) is 38.8 Å². The molecular weight excluding hydrogens is 703 g/mol. The number of phenols is 1. The molecular formula is C28H34AcN2O7. The molecule has 3 aliphatic rings. The van der Waals surface area contributed by atoms with Crippen molar-refractivity contribution in [2.45, 2.75) is 57.8 Å². The summed E-state index contributed by atoms with van der Waals surface area (Å²) in [5.74, 6) is 1.35. The molecule has 1 amide bonds. The second kappa shape index (κ2) is 10.5. The van der Waals surface area contributed by atoms with Gasteiger partial charge in [-0.3, -0.25) is 14.5 Å². The van der Waals surface area contributed by atoms with Crippen LogP contribution in [0.4, 0.5) is 0 Å². The van der Waals surface area contributed by atoms with Gasteiger partial charge in [0.05, 0.1) is 52.1 Å². The smallest absolute Gasteiger partial charge is 0.241 e. The van der Waals surface area contributed by atoms with Gasteiger partial charge in [0.1, 0.15) is 11.8 Å². The Morgan fingerprint density at radius 2 is 1.53 bits per heavy atom. The minimum absolute atomic E-state index is 0. The number of amides is 1. The van der Waals surface area contributed by atoms with Gasteiger partial charge in [-0.1, -0.05) is 13.0 Å². The number of ether oxygens (including phenoxy) is 4. The maximum Gasteiger partial charge on any atom is 0.241 e. The first-order valence-corrected chi connectivity index (χ1v) is 12.5. The molecule has 1 fully saturated rings. The molecule has 2 aromatic rings. The molecule has 1 radical (unpaired) electrons. The van der Waals surface area contributed by atoms with Crippen molar-refractivity contribution in [2.75, 3.05) is 35.5 Å². The molecule has 4 atom stereocenters. The predicted molar refractivity (Wildman–Crippen MR) is 136 cm³/mol. The van der Waals surface area contributed by atoms with Gasteiger partial charge in [-0.2, -0.15) is 0 Å². The summed E-state index contributed by atoms with van der Waals surface area (Å²) in [5.41, 5.74) is 3.93. The molecule has 10 heteroatoms. The normalized spacial score (nSPS) is 23.6. The number of aromatic hydroxyl groups is 1. The molecule has 1 saturated heterocycles. The quantitative estimate of drug-likeness (QED) is 0.499. The van der Waals surface area contributed by atoms with E-state index in [9.17, 15) is 14.7 Å². The maximum absolute atomic E-state index is 14.5. The van der Waals surface area contributed by atoms with Gasteiger partial charge in [0.2, 0.25) is 5.91 Å². The molecule has 9 nitrogen and oxygen atoms in total. The summed E-state index contributed by atoms with van der Waals surface area (Å²) in [5, 5.41) is 11.4. The Labute approximate surface area is 258 Å². The van der Waals surface area contributed by atoms with Gasteiger partial charge in [-0.25, -0.2) is 0 Å². The van der Waals surface area contributed by atoms with E-state index in [1.54, 1.807) is 12.0 Å². The number of fused-ring (bicyclic) bond motifs is 7. The van der Waals surface area contributed by atoms with Crippen molar-refractivity contribution in [1.82, 2.24) is 9.80 Å². The second-order valence-electron chi connectivity index (χ2n) is 9.97. The first-order chi connectivity index (χ1) is 17.7. The van der Waals surface area contributed by atoms with E-state index in [-0.39, 0.29) is 61.5 Å². The van der Waals surface area contributed by atoms with Gasteiger partial charge in [0.15, 0.2) is 28.8 Å². The monoisotopic (exact) mass is 737 g/mol. The number of carbonyl (C=O) groups excluding carboxylic acids is 2. The standard InChI is InChI=1S/C28H34N2O7.Ac/c1-9-15-18-19(25(35-6)13(3)26(36-7)27(18)37-8)22(31)21-20-17-14(10-12(2)24(34-5)23(17)32)11-16(29(20)4)28(33)30(15)21;/h10,15-16,20-21,32H,9,11H2,1-8H3;/t15-,16?,20?,21?;/m0./s1. The third-order valence-electron chi connectivity index (χ3n) is 8.36. The first kappa shape index (κ1) is 29.0. The van der Waals surface area contributed by atoms with Crippen molar-refractivity contribution >= 4 is 11.7 Å². The number of phenolic OH excluding ortho intramolecular Hbond substituents is 1. The summed E-state index contributed by atoms with van der Waals surface area (Å²) >= 11 is 0. The van der Waals surface area contributed by atoms with Crippen LogP contribution in [0.25, 0.3) is 0 Å².